The highest BCUT2D eigenvalue weighted by Crippen LogP contribution is 2.35. The molecule has 0 spiro atoms. The van der Waals surface area contributed by atoms with E-state index in [0.717, 1.165) is 32.8 Å². The maximum absolute atomic E-state index is 13.3. The normalized spacial score (nSPS) is 15.2. The summed E-state index contributed by atoms with van der Waals surface area (Å²) in [6.45, 7) is 5.89. The zero-order valence-electron chi connectivity index (χ0n) is 34.6. The minimum absolute atomic E-state index is 0.124. The van der Waals surface area contributed by atoms with Gasteiger partial charge in [-0.2, -0.15) is 8.61 Å². The number of aromatic nitrogens is 2. The summed E-state index contributed by atoms with van der Waals surface area (Å²) in [6.07, 6.45) is 0. The number of sulfonamides is 2. The van der Waals surface area contributed by atoms with Crippen molar-refractivity contribution in [3.63, 3.8) is 0 Å². The van der Waals surface area contributed by atoms with E-state index in [4.69, 9.17) is 28.9 Å². The molecule has 6 aromatic rings. The Morgan fingerprint density at radius 1 is 0.525 bits per heavy atom. The van der Waals surface area contributed by atoms with Gasteiger partial charge in [0.25, 0.3) is 0 Å². The Labute approximate surface area is 365 Å². The number of rotatable bonds is 12. The summed E-state index contributed by atoms with van der Waals surface area (Å²) in [7, 11) is -1.45. The van der Waals surface area contributed by atoms with Crippen LogP contribution in [-0.4, -0.2) is 116 Å². The van der Waals surface area contributed by atoms with Crippen LogP contribution in [-0.2, 0) is 20.0 Å². The predicted molar refractivity (Wildman–Crippen MR) is 241 cm³/mol. The smallest absolute Gasteiger partial charge is 0.247 e. The van der Waals surface area contributed by atoms with Gasteiger partial charge in [0.2, 0.25) is 20.0 Å². The molecule has 0 amide bonds. The summed E-state index contributed by atoms with van der Waals surface area (Å²) in [5, 5.41) is 5.91. The molecule has 8 rings (SSSR count). The second-order valence-electron chi connectivity index (χ2n) is 14.0. The van der Waals surface area contributed by atoms with E-state index in [1.54, 1.807) is 46.9 Å². The van der Waals surface area contributed by atoms with Crippen molar-refractivity contribution in [2.75, 3.05) is 90.6 Å². The number of nitrogens with zero attached hydrogens (tertiary/aromatic N) is 6. The third-order valence-corrected chi connectivity index (χ3v) is 16.1. The molecule has 4 aromatic carbocycles. The van der Waals surface area contributed by atoms with Gasteiger partial charge in [-0.25, -0.2) is 26.8 Å². The van der Waals surface area contributed by atoms with Crippen molar-refractivity contribution in [3.8, 4) is 45.5 Å². The van der Waals surface area contributed by atoms with Crippen LogP contribution in [0.4, 0.5) is 10.3 Å². The van der Waals surface area contributed by atoms with E-state index in [-0.39, 0.29) is 9.79 Å². The number of benzene rings is 4. The van der Waals surface area contributed by atoms with Crippen molar-refractivity contribution in [1.29, 1.82) is 0 Å². The minimum Gasteiger partial charge on any atom is -0.497 e. The van der Waals surface area contributed by atoms with Crippen LogP contribution in [0.2, 0.25) is 0 Å². The fourth-order valence-electron chi connectivity index (χ4n) is 7.03. The number of aryl methyl sites for hydroxylation is 1. The van der Waals surface area contributed by atoms with Crippen LogP contribution in [0, 0.1) is 6.92 Å². The molecule has 18 heteroatoms. The number of hydrogen-bond acceptors (Lipinski definition) is 14. The van der Waals surface area contributed by atoms with Gasteiger partial charge in [0, 0.05) is 86.4 Å². The first-order valence-electron chi connectivity index (χ1n) is 19.4. The molecule has 4 heterocycles. The molecule has 0 aliphatic carbocycles. The summed E-state index contributed by atoms with van der Waals surface area (Å²) in [5.41, 5.74) is 5.27. The average molecular weight is 905 g/mol. The summed E-state index contributed by atoms with van der Waals surface area (Å²) in [4.78, 5) is 14.1. The van der Waals surface area contributed by atoms with Gasteiger partial charge in [-0.1, -0.05) is 54.6 Å². The van der Waals surface area contributed by atoms with Gasteiger partial charge in [0.15, 0.2) is 10.3 Å². The lowest BCUT2D eigenvalue weighted by Gasteiger charge is -2.34. The van der Waals surface area contributed by atoms with Gasteiger partial charge in [-0.3, -0.25) is 0 Å². The summed E-state index contributed by atoms with van der Waals surface area (Å²) >= 11 is 3.16. The Bertz CT molecular complexity index is 2640. The quantitative estimate of drug-likeness (QED) is 0.125. The van der Waals surface area contributed by atoms with Gasteiger partial charge >= 0.3 is 0 Å². The maximum atomic E-state index is 13.3. The fourth-order valence-corrected chi connectivity index (χ4v) is 12.0. The van der Waals surface area contributed by atoms with Crippen molar-refractivity contribution in [3.05, 3.63) is 107 Å². The van der Waals surface area contributed by atoms with E-state index in [0.29, 0.717) is 75.4 Å². The Hall–Kier alpha value is -5.24. The lowest BCUT2D eigenvalue weighted by molar-refractivity contribution is 0.370. The average Bonchev–Trinajstić information content (AvgIpc) is 4.01. The van der Waals surface area contributed by atoms with Gasteiger partial charge < -0.3 is 28.7 Å². The van der Waals surface area contributed by atoms with Crippen LogP contribution in [0.1, 0.15) is 5.56 Å². The SMILES string of the molecule is COc1ccc(OC)c(S(=O)(=O)N2CCN(c3nc(-c4ccccc4)cs3)CC2)c1.COc1ccc(OC)c(S(=O)(=O)N2CCN(c3nc(-c4ccccc4C)cs3)CC2)c1. The molecule has 14 nitrogen and oxygen atoms in total. The lowest BCUT2D eigenvalue weighted by Crippen LogP contribution is -2.48. The van der Waals surface area contributed by atoms with Crippen molar-refractivity contribution < 1.29 is 35.8 Å². The fraction of sp³-hybridized carbons (Fsp3) is 0.302. The van der Waals surface area contributed by atoms with Gasteiger partial charge in [-0.05, 0) is 36.8 Å². The van der Waals surface area contributed by atoms with Crippen LogP contribution in [0.25, 0.3) is 22.5 Å². The molecular weight excluding hydrogens is 857 g/mol. The Morgan fingerprint density at radius 2 is 0.967 bits per heavy atom. The van der Waals surface area contributed by atoms with Crippen LogP contribution < -0.4 is 28.7 Å². The molecular formula is C43H48N6O8S4. The molecule has 0 atom stereocenters. The topological polar surface area (TPSA) is 144 Å². The number of thiazole rings is 2. The number of hydrogen-bond donors (Lipinski definition) is 0. The zero-order valence-corrected chi connectivity index (χ0v) is 37.8. The number of ether oxygens (including phenoxy) is 4. The largest absolute Gasteiger partial charge is 0.497 e. The van der Waals surface area contributed by atoms with Crippen LogP contribution in [0.5, 0.6) is 23.0 Å². The first kappa shape index (κ1) is 43.8. The first-order chi connectivity index (χ1) is 29.5. The second kappa shape index (κ2) is 19.2. The molecule has 0 saturated carbocycles. The number of piperazine rings is 2. The Morgan fingerprint density at radius 3 is 1.43 bits per heavy atom. The molecule has 2 aliphatic heterocycles. The molecule has 0 bridgehead atoms. The summed E-state index contributed by atoms with van der Waals surface area (Å²) < 4.78 is 76.9. The van der Waals surface area contributed by atoms with Gasteiger partial charge in [0.1, 0.15) is 32.8 Å². The monoisotopic (exact) mass is 904 g/mol. The van der Waals surface area contributed by atoms with Crippen LogP contribution in [0.3, 0.4) is 0 Å². The van der Waals surface area contributed by atoms with Gasteiger partial charge in [0.05, 0.1) is 39.8 Å². The Kier molecular flexibility index (Phi) is 13.8. The van der Waals surface area contributed by atoms with E-state index in [1.807, 2.05) is 47.8 Å². The van der Waals surface area contributed by atoms with Crippen molar-refractivity contribution in [2.45, 2.75) is 16.7 Å². The molecule has 0 radical (unpaired) electrons. The van der Waals surface area contributed by atoms with E-state index in [9.17, 15) is 16.8 Å². The molecule has 2 aliphatic rings. The van der Waals surface area contributed by atoms with Crippen molar-refractivity contribution in [2.24, 2.45) is 0 Å². The predicted octanol–water partition coefficient (Wildman–Crippen LogP) is 6.98. The lowest BCUT2D eigenvalue weighted by atomic mass is 10.1. The molecule has 0 N–H and O–H groups in total. The minimum atomic E-state index is -3.70. The molecule has 2 saturated heterocycles. The van der Waals surface area contributed by atoms with Crippen LogP contribution >= 0.6 is 22.7 Å². The van der Waals surface area contributed by atoms with Crippen LogP contribution in [0.15, 0.2) is 112 Å². The van der Waals surface area contributed by atoms with E-state index < -0.39 is 20.0 Å². The molecule has 322 valence electrons. The van der Waals surface area contributed by atoms with E-state index in [2.05, 4.69) is 34.2 Å². The van der Waals surface area contributed by atoms with E-state index >= 15 is 0 Å². The molecule has 61 heavy (non-hydrogen) atoms. The highest BCUT2D eigenvalue weighted by atomic mass is 32.2. The molecule has 0 unspecified atom stereocenters. The highest BCUT2D eigenvalue weighted by Gasteiger charge is 2.33. The Balaban J connectivity index is 0.000000184. The number of methoxy groups -OCH3 is 4. The number of anilines is 2. The molecule has 2 aromatic heterocycles. The first-order valence-corrected chi connectivity index (χ1v) is 24.1. The summed E-state index contributed by atoms with van der Waals surface area (Å²) in [6, 6.07) is 27.8. The standard InChI is InChI=1S/C22H25N3O4S2.C21H23N3O4S2/c1-16-6-4-5-7-18(16)19-15-30-22(23-19)24-10-12-25(13-11-24)31(26,27)21-14-17(28-2)8-9-20(21)29-3;1-27-17-8-9-19(28-2)20(14-17)30(25,26)24-12-10-23(11-13-24)21-22-18(15-29-21)16-6-4-3-5-7-16/h4-9,14-15H,10-13H2,1-3H3;3-9,14-15H,10-13H2,1-2H3. The zero-order chi connectivity index (χ0) is 43.1. The third kappa shape index (κ3) is 9.64. The van der Waals surface area contributed by atoms with Crippen molar-refractivity contribution >= 4 is 53.0 Å². The molecule has 2 fully saturated rings. The van der Waals surface area contributed by atoms with Crippen molar-refractivity contribution in [1.82, 2.24) is 18.6 Å². The van der Waals surface area contributed by atoms with Gasteiger partial charge in [-0.15, -0.1) is 22.7 Å². The summed E-state index contributed by atoms with van der Waals surface area (Å²) in [5.74, 6) is 1.57. The second-order valence-corrected chi connectivity index (χ2v) is 19.5. The highest BCUT2D eigenvalue weighted by molar-refractivity contribution is 7.89. The maximum Gasteiger partial charge on any atom is 0.247 e. The van der Waals surface area contributed by atoms with E-state index in [1.165, 1.54) is 54.7 Å². The third-order valence-electron chi connectivity index (χ3n) is 10.5.